The monoisotopic (exact) mass is 373 g/mol. The van der Waals surface area contributed by atoms with Gasteiger partial charge < -0.3 is 4.42 Å². The molecule has 0 N–H and O–H groups in total. The minimum absolute atomic E-state index is 0.0330. The first-order chi connectivity index (χ1) is 13.6. The summed E-state index contributed by atoms with van der Waals surface area (Å²) in [6.07, 6.45) is 4.30. The average Bonchev–Trinajstić information content (AvgIpc) is 3.35. The molecule has 5 heteroatoms. The van der Waals surface area contributed by atoms with E-state index in [4.69, 9.17) is 4.42 Å². The molecule has 0 saturated heterocycles. The van der Waals surface area contributed by atoms with Gasteiger partial charge in [-0.25, -0.2) is 9.67 Å². The van der Waals surface area contributed by atoms with Crippen LogP contribution in [0.15, 0.2) is 65.2 Å². The number of aromatic nitrogens is 3. The van der Waals surface area contributed by atoms with Gasteiger partial charge in [-0.15, -0.1) is 0 Å². The van der Waals surface area contributed by atoms with Gasteiger partial charge in [0, 0.05) is 24.2 Å². The van der Waals surface area contributed by atoms with Gasteiger partial charge in [0.1, 0.15) is 5.52 Å². The van der Waals surface area contributed by atoms with Crippen molar-refractivity contribution < 1.29 is 9.21 Å². The van der Waals surface area contributed by atoms with Crippen LogP contribution in [0.4, 0.5) is 0 Å². The summed E-state index contributed by atoms with van der Waals surface area (Å²) in [5.41, 5.74) is 3.23. The zero-order chi connectivity index (χ0) is 19.5. The molecule has 4 rings (SSSR count). The molecule has 4 aromatic rings. The van der Waals surface area contributed by atoms with Crippen LogP contribution in [0.2, 0.25) is 0 Å². The van der Waals surface area contributed by atoms with Crippen LogP contribution in [-0.2, 0) is 0 Å². The lowest BCUT2D eigenvalue weighted by molar-refractivity contribution is 0.0953. The van der Waals surface area contributed by atoms with E-state index >= 15 is 0 Å². The standard InChI is InChI=1S/C23H23N3O2/c1-16(2)7-6-10-20(27)22-15-19-21(28-22)11-12-23(24-19)26-14-13-18(25-26)17-8-4-3-5-9-17/h3-5,8-9,11-16H,6-7,10H2,1-2H3. The lowest BCUT2D eigenvalue weighted by Crippen LogP contribution is -1.98. The smallest absolute Gasteiger partial charge is 0.198 e. The zero-order valence-electron chi connectivity index (χ0n) is 16.1. The van der Waals surface area contributed by atoms with E-state index in [-0.39, 0.29) is 5.78 Å². The molecule has 0 spiro atoms. The number of Topliss-reactive ketones (excluding diaryl/α,β-unsaturated/α-hetero) is 1. The molecule has 3 aromatic heterocycles. The number of hydrogen-bond donors (Lipinski definition) is 0. The van der Waals surface area contributed by atoms with Gasteiger partial charge in [-0.1, -0.05) is 50.6 Å². The maximum absolute atomic E-state index is 12.4. The Bertz CT molecular complexity index is 1090. The summed E-state index contributed by atoms with van der Waals surface area (Å²) in [6, 6.07) is 17.4. The molecule has 3 heterocycles. The third kappa shape index (κ3) is 3.88. The molecule has 0 saturated carbocycles. The number of fused-ring (bicyclic) bond motifs is 1. The highest BCUT2D eigenvalue weighted by atomic mass is 16.3. The zero-order valence-corrected chi connectivity index (χ0v) is 16.1. The number of furan rings is 1. The number of pyridine rings is 1. The first-order valence-electron chi connectivity index (χ1n) is 9.65. The maximum Gasteiger partial charge on any atom is 0.198 e. The van der Waals surface area contributed by atoms with E-state index in [0.29, 0.717) is 35.0 Å². The van der Waals surface area contributed by atoms with E-state index in [2.05, 4.69) is 23.9 Å². The quantitative estimate of drug-likeness (QED) is 0.390. The Kier molecular flexibility index (Phi) is 5.06. The molecule has 0 unspecified atom stereocenters. The van der Waals surface area contributed by atoms with Crippen molar-refractivity contribution in [2.24, 2.45) is 5.92 Å². The van der Waals surface area contributed by atoms with E-state index in [0.717, 1.165) is 24.1 Å². The van der Waals surface area contributed by atoms with E-state index in [1.807, 2.05) is 54.7 Å². The fourth-order valence-electron chi connectivity index (χ4n) is 3.19. The molecule has 28 heavy (non-hydrogen) atoms. The average molecular weight is 373 g/mol. The summed E-state index contributed by atoms with van der Waals surface area (Å²) in [4.78, 5) is 17.0. The van der Waals surface area contributed by atoms with Crippen LogP contribution in [0.5, 0.6) is 0 Å². The van der Waals surface area contributed by atoms with Crippen LogP contribution < -0.4 is 0 Å². The predicted molar refractivity (Wildman–Crippen MR) is 110 cm³/mol. The van der Waals surface area contributed by atoms with Crippen LogP contribution in [-0.4, -0.2) is 20.5 Å². The summed E-state index contributed by atoms with van der Waals surface area (Å²) in [6.45, 7) is 4.32. The summed E-state index contributed by atoms with van der Waals surface area (Å²) >= 11 is 0. The Balaban J connectivity index is 1.55. The van der Waals surface area contributed by atoms with Crippen molar-refractivity contribution in [3.05, 3.63) is 66.6 Å². The molecular weight excluding hydrogens is 350 g/mol. The van der Waals surface area contributed by atoms with E-state index in [1.165, 1.54) is 0 Å². The molecule has 142 valence electrons. The summed E-state index contributed by atoms with van der Waals surface area (Å²) in [7, 11) is 0. The van der Waals surface area contributed by atoms with Crippen LogP contribution >= 0.6 is 0 Å². The second kappa shape index (κ2) is 7.80. The molecule has 0 bridgehead atoms. The van der Waals surface area contributed by atoms with Gasteiger partial charge in [0.05, 0.1) is 5.69 Å². The Labute approximate surface area is 164 Å². The van der Waals surface area contributed by atoms with Gasteiger partial charge >= 0.3 is 0 Å². The van der Waals surface area contributed by atoms with Crippen molar-refractivity contribution in [3.8, 4) is 17.1 Å². The largest absolute Gasteiger partial charge is 0.451 e. The molecule has 0 amide bonds. The maximum atomic E-state index is 12.4. The van der Waals surface area contributed by atoms with Crippen LogP contribution in [0.3, 0.4) is 0 Å². The van der Waals surface area contributed by atoms with Crippen molar-refractivity contribution in [2.75, 3.05) is 0 Å². The second-order valence-electron chi connectivity index (χ2n) is 7.38. The molecule has 1 aromatic carbocycles. The number of carbonyl (C=O) groups is 1. The van der Waals surface area contributed by atoms with Crippen molar-refractivity contribution >= 4 is 16.9 Å². The number of nitrogens with zero attached hydrogens (tertiary/aromatic N) is 3. The highest BCUT2D eigenvalue weighted by Gasteiger charge is 2.14. The fraction of sp³-hybridized carbons (Fsp3) is 0.261. The number of benzene rings is 1. The van der Waals surface area contributed by atoms with E-state index in [1.54, 1.807) is 10.7 Å². The van der Waals surface area contributed by atoms with Gasteiger partial charge in [0.25, 0.3) is 0 Å². The number of rotatable bonds is 7. The van der Waals surface area contributed by atoms with Crippen LogP contribution in [0.25, 0.3) is 28.2 Å². The highest BCUT2D eigenvalue weighted by Crippen LogP contribution is 2.22. The SMILES string of the molecule is CC(C)CCCC(=O)c1cc2nc(-n3ccc(-c4ccccc4)n3)ccc2o1. The van der Waals surface area contributed by atoms with Gasteiger partial charge in [-0.2, -0.15) is 5.10 Å². The Hall–Kier alpha value is -3.21. The lowest BCUT2D eigenvalue weighted by Gasteiger charge is -2.01. The second-order valence-corrected chi connectivity index (χ2v) is 7.38. The van der Waals surface area contributed by atoms with Crippen LogP contribution in [0, 0.1) is 5.92 Å². The minimum atomic E-state index is 0.0330. The number of hydrogen-bond acceptors (Lipinski definition) is 4. The molecule has 0 atom stereocenters. The molecule has 5 nitrogen and oxygen atoms in total. The van der Waals surface area contributed by atoms with Crippen molar-refractivity contribution in [1.29, 1.82) is 0 Å². The van der Waals surface area contributed by atoms with Gasteiger partial charge in [-0.05, 0) is 30.5 Å². The molecular formula is C23H23N3O2. The van der Waals surface area contributed by atoms with Crippen molar-refractivity contribution in [2.45, 2.75) is 33.1 Å². The third-order valence-corrected chi connectivity index (χ3v) is 4.71. The number of carbonyl (C=O) groups excluding carboxylic acids is 1. The van der Waals surface area contributed by atoms with Gasteiger partial charge in [-0.3, -0.25) is 4.79 Å². The van der Waals surface area contributed by atoms with Gasteiger partial charge in [0.2, 0.25) is 0 Å². The van der Waals surface area contributed by atoms with Crippen molar-refractivity contribution in [1.82, 2.24) is 14.8 Å². The topological polar surface area (TPSA) is 60.9 Å². The summed E-state index contributed by atoms with van der Waals surface area (Å²) in [5, 5.41) is 4.61. The molecule has 0 aliphatic rings. The summed E-state index contributed by atoms with van der Waals surface area (Å²) < 4.78 is 7.45. The van der Waals surface area contributed by atoms with Crippen LogP contribution in [0.1, 0.15) is 43.7 Å². The van der Waals surface area contributed by atoms with Gasteiger partial charge in [0.15, 0.2) is 22.9 Å². The normalized spacial score (nSPS) is 11.4. The third-order valence-electron chi connectivity index (χ3n) is 4.71. The Morgan fingerprint density at radius 1 is 1.11 bits per heavy atom. The fourth-order valence-corrected chi connectivity index (χ4v) is 3.19. The molecule has 0 aliphatic heterocycles. The van der Waals surface area contributed by atoms with E-state index in [9.17, 15) is 4.79 Å². The molecule has 0 radical (unpaired) electrons. The van der Waals surface area contributed by atoms with Crippen molar-refractivity contribution in [3.63, 3.8) is 0 Å². The number of ketones is 1. The predicted octanol–water partition coefficient (Wildman–Crippen LogP) is 5.69. The first-order valence-corrected chi connectivity index (χ1v) is 9.65. The lowest BCUT2D eigenvalue weighted by atomic mass is 10.0. The molecule has 0 fully saturated rings. The highest BCUT2D eigenvalue weighted by molar-refractivity contribution is 5.96. The first kappa shape index (κ1) is 18.2. The Morgan fingerprint density at radius 2 is 1.93 bits per heavy atom. The van der Waals surface area contributed by atoms with E-state index < -0.39 is 0 Å². The minimum Gasteiger partial charge on any atom is -0.451 e. The summed E-state index contributed by atoms with van der Waals surface area (Å²) in [5.74, 6) is 1.70. The molecule has 0 aliphatic carbocycles. The Morgan fingerprint density at radius 3 is 2.71 bits per heavy atom.